The molecule has 0 aliphatic rings. The molecule has 24 heavy (non-hydrogen) atoms. The largest absolute Gasteiger partial charge is 0.355 e. The molecule has 1 heterocycles. The third kappa shape index (κ3) is 5.07. The fourth-order valence-corrected chi connectivity index (χ4v) is 3.71. The Labute approximate surface area is 153 Å². The molecule has 0 aliphatic carbocycles. The van der Waals surface area contributed by atoms with Crippen molar-refractivity contribution in [2.24, 2.45) is 0 Å². The fraction of sp³-hybridized carbons (Fsp3) is 0.421. The summed E-state index contributed by atoms with van der Waals surface area (Å²) >= 11 is 7.71. The van der Waals surface area contributed by atoms with Gasteiger partial charge < -0.3 is 5.32 Å². The van der Waals surface area contributed by atoms with E-state index in [-0.39, 0.29) is 11.4 Å². The lowest BCUT2D eigenvalue weighted by Gasteiger charge is -2.33. The van der Waals surface area contributed by atoms with Crippen LogP contribution in [0.3, 0.4) is 0 Å². The number of rotatable bonds is 9. The van der Waals surface area contributed by atoms with Gasteiger partial charge in [0.25, 0.3) is 0 Å². The van der Waals surface area contributed by atoms with Gasteiger partial charge in [-0.1, -0.05) is 43.6 Å². The van der Waals surface area contributed by atoms with Crippen LogP contribution in [0.5, 0.6) is 0 Å². The Bertz CT molecular complexity index is 621. The molecule has 0 aliphatic heterocycles. The highest BCUT2D eigenvalue weighted by Gasteiger charge is 2.28. The van der Waals surface area contributed by atoms with Gasteiger partial charge in [0.05, 0.1) is 6.54 Å². The first-order valence-corrected chi connectivity index (χ1v) is 9.65. The topological polar surface area (TPSA) is 41.1 Å². The second-order valence-corrected chi connectivity index (χ2v) is 7.30. The molecule has 2 aromatic rings. The van der Waals surface area contributed by atoms with E-state index in [9.17, 15) is 4.79 Å². The standard InChI is InChI=1S/C19H25ClN2OS/c1-3-19(4-2,15-7-9-16(20)10-8-15)22-14-18(23)21-12-11-17-6-5-13-24-17/h5-10,13,22H,3-4,11-12,14H2,1-2H3,(H,21,23). The summed E-state index contributed by atoms with van der Waals surface area (Å²) in [5.74, 6) is 0.0341. The number of hydrogen-bond donors (Lipinski definition) is 2. The third-order valence-electron chi connectivity index (χ3n) is 4.46. The molecule has 1 amide bonds. The van der Waals surface area contributed by atoms with Gasteiger partial charge in [0.1, 0.15) is 0 Å². The molecular formula is C19H25ClN2OS. The van der Waals surface area contributed by atoms with Gasteiger partial charge in [-0.05, 0) is 48.4 Å². The van der Waals surface area contributed by atoms with Gasteiger partial charge in [0.2, 0.25) is 5.91 Å². The SMILES string of the molecule is CCC(CC)(NCC(=O)NCCc1cccs1)c1ccc(Cl)cc1. The van der Waals surface area contributed by atoms with Crippen LogP contribution < -0.4 is 10.6 Å². The van der Waals surface area contributed by atoms with E-state index in [0.29, 0.717) is 13.1 Å². The van der Waals surface area contributed by atoms with Gasteiger partial charge in [-0.3, -0.25) is 10.1 Å². The van der Waals surface area contributed by atoms with Crippen LogP contribution >= 0.6 is 22.9 Å². The molecule has 0 radical (unpaired) electrons. The second kappa shape index (κ2) is 9.21. The lowest BCUT2D eigenvalue weighted by Crippen LogP contribution is -2.46. The number of thiophene rings is 1. The zero-order chi connectivity index (χ0) is 17.4. The average molecular weight is 365 g/mol. The summed E-state index contributed by atoms with van der Waals surface area (Å²) in [5, 5.41) is 9.23. The van der Waals surface area contributed by atoms with E-state index in [0.717, 1.165) is 24.3 Å². The first-order valence-electron chi connectivity index (χ1n) is 8.40. The van der Waals surface area contributed by atoms with Crippen molar-refractivity contribution in [1.29, 1.82) is 0 Å². The van der Waals surface area contributed by atoms with Crippen LogP contribution in [-0.4, -0.2) is 19.0 Å². The van der Waals surface area contributed by atoms with Crippen molar-refractivity contribution in [3.63, 3.8) is 0 Å². The van der Waals surface area contributed by atoms with Crippen LogP contribution in [0.15, 0.2) is 41.8 Å². The van der Waals surface area contributed by atoms with Gasteiger partial charge in [-0.2, -0.15) is 0 Å². The van der Waals surface area contributed by atoms with Crippen molar-refractivity contribution >= 4 is 28.8 Å². The number of nitrogens with one attached hydrogen (secondary N) is 2. The minimum Gasteiger partial charge on any atom is -0.355 e. The van der Waals surface area contributed by atoms with Gasteiger partial charge >= 0.3 is 0 Å². The third-order valence-corrected chi connectivity index (χ3v) is 5.65. The minimum absolute atomic E-state index is 0.0341. The van der Waals surface area contributed by atoms with E-state index in [2.05, 4.69) is 35.9 Å². The number of carbonyl (C=O) groups is 1. The Morgan fingerprint density at radius 3 is 2.46 bits per heavy atom. The summed E-state index contributed by atoms with van der Waals surface area (Å²) in [7, 11) is 0. The highest BCUT2D eigenvalue weighted by molar-refractivity contribution is 7.09. The minimum atomic E-state index is -0.199. The van der Waals surface area contributed by atoms with Crippen LogP contribution in [0.25, 0.3) is 0 Å². The van der Waals surface area contributed by atoms with Gasteiger partial charge in [-0.25, -0.2) is 0 Å². The zero-order valence-corrected chi connectivity index (χ0v) is 15.8. The van der Waals surface area contributed by atoms with Gasteiger partial charge in [-0.15, -0.1) is 11.3 Å². The van der Waals surface area contributed by atoms with Crippen molar-refractivity contribution in [2.75, 3.05) is 13.1 Å². The maximum atomic E-state index is 12.1. The molecule has 3 nitrogen and oxygen atoms in total. The van der Waals surface area contributed by atoms with Crippen LogP contribution in [0.1, 0.15) is 37.1 Å². The molecule has 130 valence electrons. The maximum Gasteiger partial charge on any atom is 0.233 e. The molecule has 0 bridgehead atoms. The summed E-state index contributed by atoms with van der Waals surface area (Å²) < 4.78 is 0. The first-order chi connectivity index (χ1) is 11.6. The predicted octanol–water partition coefficient (Wildman–Crippen LogP) is 4.37. The van der Waals surface area contributed by atoms with Crippen LogP contribution in [0.2, 0.25) is 5.02 Å². The van der Waals surface area contributed by atoms with Crippen molar-refractivity contribution in [2.45, 2.75) is 38.6 Å². The van der Waals surface area contributed by atoms with Crippen LogP contribution in [-0.2, 0) is 16.8 Å². The zero-order valence-electron chi connectivity index (χ0n) is 14.3. The van der Waals surface area contributed by atoms with Crippen molar-refractivity contribution < 1.29 is 4.79 Å². The molecular weight excluding hydrogens is 340 g/mol. The monoisotopic (exact) mass is 364 g/mol. The van der Waals surface area contributed by atoms with E-state index in [4.69, 9.17) is 11.6 Å². The molecule has 0 saturated carbocycles. The molecule has 5 heteroatoms. The highest BCUT2D eigenvalue weighted by Crippen LogP contribution is 2.29. The number of halogens is 1. The molecule has 0 spiro atoms. The summed E-state index contributed by atoms with van der Waals surface area (Å²) in [5.41, 5.74) is 0.971. The maximum absolute atomic E-state index is 12.1. The summed E-state index contributed by atoms with van der Waals surface area (Å²) in [6.45, 7) is 5.27. The molecule has 0 unspecified atom stereocenters. The molecule has 2 N–H and O–H groups in total. The second-order valence-electron chi connectivity index (χ2n) is 5.83. The van der Waals surface area contributed by atoms with Crippen molar-refractivity contribution in [1.82, 2.24) is 10.6 Å². The lowest BCUT2D eigenvalue weighted by molar-refractivity contribution is -0.120. The van der Waals surface area contributed by atoms with Gasteiger partial charge in [0.15, 0.2) is 0 Å². The number of hydrogen-bond acceptors (Lipinski definition) is 3. The summed E-state index contributed by atoms with van der Waals surface area (Å²) in [6.07, 6.45) is 2.70. The Hall–Kier alpha value is -1.36. The van der Waals surface area contributed by atoms with Crippen molar-refractivity contribution in [3.05, 3.63) is 57.2 Å². The Morgan fingerprint density at radius 1 is 1.17 bits per heavy atom. The first kappa shape index (κ1) is 19.0. The van der Waals surface area contributed by atoms with E-state index < -0.39 is 0 Å². The smallest absolute Gasteiger partial charge is 0.233 e. The van der Waals surface area contributed by atoms with Gasteiger partial charge in [0, 0.05) is 22.0 Å². The number of amides is 1. The molecule has 1 aromatic heterocycles. The Kier molecular flexibility index (Phi) is 7.28. The Balaban J connectivity index is 1.88. The van der Waals surface area contributed by atoms with E-state index in [1.165, 1.54) is 10.4 Å². The molecule has 0 atom stereocenters. The molecule has 0 saturated heterocycles. The highest BCUT2D eigenvalue weighted by atomic mass is 35.5. The normalized spacial score (nSPS) is 11.5. The lowest BCUT2D eigenvalue weighted by atomic mass is 9.84. The molecule has 0 fully saturated rings. The number of carbonyl (C=O) groups excluding carboxylic acids is 1. The summed E-state index contributed by atoms with van der Waals surface area (Å²) in [6, 6.07) is 12.0. The molecule has 1 aromatic carbocycles. The van der Waals surface area contributed by atoms with Crippen LogP contribution in [0, 0.1) is 0 Å². The van der Waals surface area contributed by atoms with E-state index in [1.807, 2.05) is 30.3 Å². The van der Waals surface area contributed by atoms with Crippen LogP contribution in [0.4, 0.5) is 0 Å². The fourth-order valence-electron chi connectivity index (χ4n) is 2.87. The van der Waals surface area contributed by atoms with E-state index in [1.54, 1.807) is 11.3 Å². The quantitative estimate of drug-likeness (QED) is 0.693. The van der Waals surface area contributed by atoms with E-state index >= 15 is 0 Å². The molecule has 2 rings (SSSR count). The average Bonchev–Trinajstić information content (AvgIpc) is 3.11. The van der Waals surface area contributed by atoms with Crippen molar-refractivity contribution in [3.8, 4) is 0 Å². The number of benzene rings is 1. The predicted molar refractivity (Wildman–Crippen MR) is 103 cm³/mol. The summed E-state index contributed by atoms with van der Waals surface area (Å²) in [4.78, 5) is 13.4. The Morgan fingerprint density at radius 2 is 1.88 bits per heavy atom.